The Morgan fingerprint density at radius 2 is 1.83 bits per heavy atom. The summed E-state index contributed by atoms with van der Waals surface area (Å²) in [5.74, 6) is -1.40. The number of esters is 1. The fraction of sp³-hybridized carbons (Fsp3) is 0.167. The quantitative estimate of drug-likeness (QED) is 0.405. The first kappa shape index (κ1) is 22.5. The highest BCUT2D eigenvalue weighted by Gasteiger charge is 2.30. The van der Waals surface area contributed by atoms with Gasteiger partial charge in [0.05, 0.1) is 28.9 Å². The number of hydrazone groups is 1. The number of nitrogens with zero attached hydrogens (tertiary/aromatic N) is 1. The van der Waals surface area contributed by atoms with E-state index in [-0.39, 0.29) is 21.4 Å². The molecule has 6 nitrogen and oxygen atoms in total. The van der Waals surface area contributed by atoms with Crippen LogP contribution in [0.4, 0.5) is 13.2 Å². The van der Waals surface area contributed by atoms with E-state index in [9.17, 15) is 22.8 Å². The molecule has 0 heterocycles. The Morgan fingerprint density at radius 3 is 2.41 bits per heavy atom. The minimum Gasteiger partial charge on any atom is -0.479 e. The van der Waals surface area contributed by atoms with Gasteiger partial charge in [-0.1, -0.05) is 29.3 Å². The highest BCUT2D eigenvalue weighted by Crippen LogP contribution is 2.34. The molecule has 2 aromatic rings. The molecule has 0 fully saturated rings. The first-order valence-corrected chi connectivity index (χ1v) is 8.56. The van der Waals surface area contributed by atoms with Crippen LogP contribution < -0.4 is 10.2 Å². The van der Waals surface area contributed by atoms with Gasteiger partial charge >= 0.3 is 12.1 Å². The van der Waals surface area contributed by atoms with Crippen molar-refractivity contribution in [2.75, 3.05) is 13.7 Å². The predicted octanol–water partition coefficient (Wildman–Crippen LogP) is 4.33. The Hall–Kier alpha value is -2.78. The van der Waals surface area contributed by atoms with Crippen molar-refractivity contribution in [2.24, 2.45) is 5.10 Å². The Balaban J connectivity index is 2.07. The largest absolute Gasteiger partial charge is 0.479 e. The summed E-state index contributed by atoms with van der Waals surface area (Å²) in [6.45, 7) is -0.392. The van der Waals surface area contributed by atoms with Crippen LogP contribution in [-0.4, -0.2) is 31.8 Å². The van der Waals surface area contributed by atoms with Crippen LogP contribution in [0.25, 0.3) is 0 Å². The third kappa shape index (κ3) is 6.37. The van der Waals surface area contributed by atoms with E-state index in [1.54, 1.807) is 0 Å². The summed E-state index contributed by atoms with van der Waals surface area (Å²) in [4.78, 5) is 23.1. The topological polar surface area (TPSA) is 77.0 Å². The van der Waals surface area contributed by atoms with Gasteiger partial charge in [-0.05, 0) is 35.9 Å². The lowest BCUT2D eigenvalue weighted by molar-refractivity contribution is -0.143. The molecule has 0 bridgehead atoms. The summed E-state index contributed by atoms with van der Waals surface area (Å²) in [6, 6.07) is 6.72. The molecule has 0 spiro atoms. The number of ether oxygens (including phenoxy) is 2. The van der Waals surface area contributed by atoms with Gasteiger partial charge in [-0.3, -0.25) is 4.79 Å². The van der Waals surface area contributed by atoms with Gasteiger partial charge in [0.15, 0.2) is 12.4 Å². The number of rotatable bonds is 6. The normalized spacial score (nSPS) is 11.4. The molecule has 0 aromatic heterocycles. The lowest BCUT2D eigenvalue weighted by Gasteiger charge is -2.09. The Labute approximate surface area is 173 Å². The van der Waals surface area contributed by atoms with Crippen LogP contribution in [-0.2, 0) is 15.7 Å². The number of carbonyl (C=O) groups excluding carboxylic acids is 2. The van der Waals surface area contributed by atoms with Crippen LogP contribution in [0, 0.1) is 0 Å². The third-order valence-electron chi connectivity index (χ3n) is 3.41. The number of nitrogens with one attached hydrogen (secondary N) is 1. The zero-order chi connectivity index (χ0) is 21.6. The lowest BCUT2D eigenvalue weighted by atomic mass is 10.1. The number of carbonyl (C=O) groups is 2. The lowest BCUT2D eigenvalue weighted by Crippen LogP contribution is -2.18. The second-order valence-electron chi connectivity index (χ2n) is 5.46. The highest BCUT2D eigenvalue weighted by molar-refractivity contribution is 6.37. The second-order valence-corrected chi connectivity index (χ2v) is 6.27. The summed E-state index contributed by atoms with van der Waals surface area (Å²) < 4.78 is 47.7. The highest BCUT2D eigenvalue weighted by atomic mass is 35.5. The van der Waals surface area contributed by atoms with E-state index in [4.69, 9.17) is 27.9 Å². The molecule has 154 valence electrons. The Bertz CT molecular complexity index is 926. The van der Waals surface area contributed by atoms with Gasteiger partial charge in [-0.2, -0.15) is 18.3 Å². The standard InChI is InChI=1S/C18H13Cl2F3N2O4/c1-28-15(26)9-29-16-13(19)5-10(6-14(16)20)8-24-25-17(27)11-3-2-4-12(7-11)18(21,22)23/h2-8H,9H2,1H3,(H,25,27)/b24-8-. The van der Waals surface area contributed by atoms with Crippen molar-refractivity contribution in [1.82, 2.24) is 5.43 Å². The number of amides is 1. The summed E-state index contributed by atoms with van der Waals surface area (Å²) in [5, 5.41) is 3.82. The third-order valence-corrected chi connectivity index (χ3v) is 3.98. The molecule has 0 saturated heterocycles. The minimum absolute atomic E-state index is 0.0592. The molecular weight excluding hydrogens is 436 g/mol. The van der Waals surface area contributed by atoms with E-state index in [2.05, 4.69) is 15.3 Å². The molecule has 1 N–H and O–H groups in total. The maximum absolute atomic E-state index is 12.7. The van der Waals surface area contributed by atoms with Crippen molar-refractivity contribution in [1.29, 1.82) is 0 Å². The first-order valence-electron chi connectivity index (χ1n) is 7.81. The van der Waals surface area contributed by atoms with Crippen molar-refractivity contribution >= 4 is 41.3 Å². The van der Waals surface area contributed by atoms with E-state index in [1.165, 1.54) is 31.5 Å². The maximum atomic E-state index is 12.7. The van der Waals surface area contributed by atoms with Crippen molar-refractivity contribution in [3.8, 4) is 5.75 Å². The molecule has 0 saturated carbocycles. The Kier molecular flexibility index (Phi) is 7.46. The molecule has 0 atom stereocenters. The van der Waals surface area contributed by atoms with Crippen molar-refractivity contribution in [3.05, 3.63) is 63.1 Å². The number of halogens is 5. The van der Waals surface area contributed by atoms with Crippen LogP contribution in [0.1, 0.15) is 21.5 Å². The van der Waals surface area contributed by atoms with Gasteiger partial charge in [0.1, 0.15) is 0 Å². The van der Waals surface area contributed by atoms with E-state index in [1.807, 2.05) is 0 Å². The fourth-order valence-electron chi connectivity index (χ4n) is 2.05. The number of alkyl halides is 3. The monoisotopic (exact) mass is 448 g/mol. The van der Waals surface area contributed by atoms with Crippen LogP contribution in [0.3, 0.4) is 0 Å². The minimum atomic E-state index is -4.56. The number of hydrogen-bond donors (Lipinski definition) is 1. The molecule has 0 aliphatic heterocycles. The van der Waals surface area contributed by atoms with Crippen molar-refractivity contribution in [3.63, 3.8) is 0 Å². The first-order chi connectivity index (χ1) is 13.6. The van der Waals surface area contributed by atoms with E-state index >= 15 is 0 Å². The molecule has 1 amide bonds. The van der Waals surface area contributed by atoms with Crippen LogP contribution >= 0.6 is 23.2 Å². The summed E-state index contributed by atoms with van der Waals surface area (Å²) in [6.07, 6.45) is -3.38. The summed E-state index contributed by atoms with van der Waals surface area (Å²) in [5.41, 5.74) is 1.32. The molecule has 0 radical (unpaired) electrons. The molecule has 0 aliphatic rings. The van der Waals surface area contributed by atoms with Crippen LogP contribution in [0.15, 0.2) is 41.5 Å². The molecule has 11 heteroatoms. The summed E-state index contributed by atoms with van der Waals surface area (Å²) in [7, 11) is 1.20. The van der Waals surface area contributed by atoms with E-state index < -0.39 is 30.2 Å². The SMILES string of the molecule is COC(=O)COc1c(Cl)cc(/C=N\NC(=O)c2cccc(C(F)(F)F)c2)cc1Cl. The predicted molar refractivity (Wildman–Crippen MR) is 100 cm³/mol. The van der Waals surface area contributed by atoms with Gasteiger partial charge in [0, 0.05) is 5.56 Å². The smallest absolute Gasteiger partial charge is 0.416 e. The average Bonchev–Trinajstić information content (AvgIpc) is 2.66. The number of hydrogen-bond acceptors (Lipinski definition) is 5. The number of benzene rings is 2. The molecule has 29 heavy (non-hydrogen) atoms. The average molecular weight is 449 g/mol. The van der Waals surface area contributed by atoms with Crippen LogP contribution in [0.2, 0.25) is 10.0 Å². The Morgan fingerprint density at radius 1 is 1.17 bits per heavy atom. The van der Waals surface area contributed by atoms with E-state index in [0.29, 0.717) is 11.6 Å². The van der Waals surface area contributed by atoms with Gasteiger partial charge in [0.25, 0.3) is 5.91 Å². The molecule has 0 aliphatic carbocycles. The van der Waals surface area contributed by atoms with Gasteiger partial charge in [-0.15, -0.1) is 0 Å². The maximum Gasteiger partial charge on any atom is 0.416 e. The van der Waals surface area contributed by atoms with Gasteiger partial charge in [0.2, 0.25) is 0 Å². The summed E-state index contributed by atoms with van der Waals surface area (Å²) >= 11 is 12.1. The molecule has 0 unspecified atom stereocenters. The second kappa shape index (κ2) is 9.62. The van der Waals surface area contributed by atoms with Crippen molar-refractivity contribution < 1.29 is 32.2 Å². The molecule has 2 aromatic carbocycles. The zero-order valence-electron chi connectivity index (χ0n) is 14.7. The van der Waals surface area contributed by atoms with Crippen molar-refractivity contribution in [2.45, 2.75) is 6.18 Å². The number of methoxy groups -OCH3 is 1. The molecular formula is C18H13Cl2F3N2O4. The van der Waals surface area contributed by atoms with Gasteiger partial charge in [-0.25, -0.2) is 10.2 Å². The van der Waals surface area contributed by atoms with Gasteiger partial charge < -0.3 is 9.47 Å². The molecule has 2 rings (SSSR count). The zero-order valence-corrected chi connectivity index (χ0v) is 16.2. The van der Waals surface area contributed by atoms with E-state index in [0.717, 1.165) is 12.1 Å². The fourth-order valence-corrected chi connectivity index (χ4v) is 2.66. The van der Waals surface area contributed by atoms with Crippen LogP contribution in [0.5, 0.6) is 5.75 Å².